The maximum absolute atomic E-state index is 5.52. The maximum atomic E-state index is 5.52. The Bertz CT molecular complexity index is 469. The Morgan fingerprint density at radius 3 is 2.29 bits per heavy atom. The average Bonchev–Trinajstić information content (AvgIpc) is 2.79. The van der Waals surface area contributed by atoms with E-state index in [4.69, 9.17) is 4.42 Å². The molecule has 7 nitrogen and oxygen atoms in total. The molecule has 0 fully saturated rings. The van der Waals surface area contributed by atoms with Crippen molar-refractivity contribution in [1.29, 1.82) is 0 Å². The highest BCUT2D eigenvalue weighted by Crippen LogP contribution is 2.18. The lowest BCUT2D eigenvalue weighted by Crippen LogP contribution is -2.09. The minimum atomic E-state index is -0.141. The predicted molar refractivity (Wildman–Crippen MR) is 60.3 cm³/mol. The normalized spacial score (nSPS) is 12.7. The smallest absolute Gasteiger partial charge is 0.238 e. The highest BCUT2D eigenvalue weighted by Gasteiger charge is 2.16. The molecule has 2 rings (SSSR count). The number of hydrogen-bond acceptors (Lipinski definition) is 7. The summed E-state index contributed by atoms with van der Waals surface area (Å²) in [6.45, 7) is 5.91. The number of aromatic nitrogens is 5. The lowest BCUT2D eigenvalue weighted by molar-refractivity contribution is 0.419. The van der Waals surface area contributed by atoms with Gasteiger partial charge < -0.3 is 9.73 Å². The Kier molecular flexibility index (Phi) is 3.27. The van der Waals surface area contributed by atoms with Crippen molar-refractivity contribution in [2.24, 2.45) is 0 Å². The zero-order chi connectivity index (χ0) is 12.3. The third-order valence-corrected chi connectivity index (χ3v) is 2.16. The number of nitrogens with zero attached hydrogens (tertiary/aromatic N) is 5. The second-order valence-electron chi connectivity index (χ2n) is 3.96. The zero-order valence-corrected chi connectivity index (χ0v) is 9.95. The van der Waals surface area contributed by atoms with Crippen LogP contribution in [-0.4, -0.2) is 25.1 Å². The van der Waals surface area contributed by atoms with Crippen LogP contribution in [0.2, 0.25) is 0 Å². The molecular formula is C10H14N6O. The van der Waals surface area contributed by atoms with Gasteiger partial charge in [-0.25, -0.2) is 15.0 Å². The molecule has 0 amide bonds. The van der Waals surface area contributed by atoms with Gasteiger partial charge in [0.05, 0.1) is 0 Å². The van der Waals surface area contributed by atoms with E-state index < -0.39 is 0 Å². The quantitative estimate of drug-likeness (QED) is 0.858. The fourth-order valence-electron chi connectivity index (χ4n) is 1.22. The van der Waals surface area contributed by atoms with Crippen molar-refractivity contribution < 1.29 is 4.42 Å². The van der Waals surface area contributed by atoms with Gasteiger partial charge in [0, 0.05) is 5.92 Å². The molecule has 2 heterocycles. The summed E-state index contributed by atoms with van der Waals surface area (Å²) in [5.41, 5.74) is 0. The molecule has 0 spiro atoms. The van der Waals surface area contributed by atoms with Crippen LogP contribution < -0.4 is 5.32 Å². The van der Waals surface area contributed by atoms with E-state index in [0.29, 0.717) is 17.7 Å². The van der Waals surface area contributed by atoms with Crippen LogP contribution in [-0.2, 0) is 0 Å². The fourth-order valence-corrected chi connectivity index (χ4v) is 1.22. The summed E-state index contributed by atoms with van der Waals surface area (Å²) in [5, 5.41) is 11.0. The first-order valence-electron chi connectivity index (χ1n) is 5.38. The summed E-state index contributed by atoms with van der Waals surface area (Å²) in [6.07, 6.45) is 2.85. The Morgan fingerprint density at radius 1 is 1.06 bits per heavy atom. The SMILES string of the molecule is CC(C)c1nnc([C@@H](C)Nc2ncncn2)o1. The molecule has 0 saturated carbocycles. The molecule has 0 saturated heterocycles. The van der Waals surface area contributed by atoms with Crippen molar-refractivity contribution in [3.63, 3.8) is 0 Å². The zero-order valence-electron chi connectivity index (χ0n) is 9.95. The first kappa shape index (κ1) is 11.4. The topological polar surface area (TPSA) is 89.6 Å². The second kappa shape index (κ2) is 4.86. The van der Waals surface area contributed by atoms with E-state index in [2.05, 4.69) is 30.5 Å². The first-order chi connectivity index (χ1) is 8.16. The molecule has 90 valence electrons. The van der Waals surface area contributed by atoms with E-state index in [1.807, 2.05) is 20.8 Å². The van der Waals surface area contributed by atoms with Crippen LogP contribution in [0.3, 0.4) is 0 Å². The summed E-state index contributed by atoms with van der Waals surface area (Å²) in [4.78, 5) is 11.7. The van der Waals surface area contributed by atoms with Crippen molar-refractivity contribution in [3.05, 3.63) is 24.4 Å². The molecule has 0 bridgehead atoms. The summed E-state index contributed by atoms with van der Waals surface area (Å²) in [5.74, 6) is 1.86. The van der Waals surface area contributed by atoms with Crippen LogP contribution in [0, 0.1) is 0 Å². The largest absolute Gasteiger partial charge is 0.423 e. The molecule has 0 aliphatic rings. The van der Waals surface area contributed by atoms with Crippen LogP contribution in [0.1, 0.15) is 44.5 Å². The number of rotatable bonds is 4. The van der Waals surface area contributed by atoms with Crippen molar-refractivity contribution in [2.45, 2.75) is 32.7 Å². The molecule has 2 aromatic heterocycles. The van der Waals surface area contributed by atoms with Gasteiger partial charge in [-0.3, -0.25) is 0 Å². The minimum Gasteiger partial charge on any atom is -0.423 e. The van der Waals surface area contributed by atoms with Crippen LogP contribution in [0.5, 0.6) is 0 Å². The third-order valence-electron chi connectivity index (χ3n) is 2.16. The van der Waals surface area contributed by atoms with Gasteiger partial charge in [0.2, 0.25) is 17.7 Å². The van der Waals surface area contributed by atoms with Gasteiger partial charge in [-0.05, 0) is 6.92 Å². The van der Waals surface area contributed by atoms with Crippen LogP contribution in [0.4, 0.5) is 5.95 Å². The summed E-state index contributed by atoms with van der Waals surface area (Å²) >= 11 is 0. The van der Waals surface area contributed by atoms with E-state index in [1.165, 1.54) is 12.7 Å². The molecule has 0 unspecified atom stereocenters. The molecule has 2 aromatic rings. The lowest BCUT2D eigenvalue weighted by atomic mass is 10.2. The Hall–Kier alpha value is -2.05. The average molecular weight is 234 g/mol. The monoisotopic (exact) mass is 234 g/mol. The van der Waals surface area contributed by atoms with Gasteiger partial charge in [0.15, 0.2) is 0 Å². The molecule has 0 aliphatic heterocycles. The summed E-state index contributed by atoms with van der Waals surface area (Å²) < 4.78 is 5.52. The van der Waals surface area contributed by atoms with Gasteiger partial charge in [-0.2, -0.15) is 0 Å². The third kappa shape index (κ3) is 2.74. The molecule has 1 N–H and O–H groups in total. The standard InChI is InChI=1S/C10H14N6O/c1-6(2)8-15-16-9(17-8)7(3)14-10-12-4-11-5-13-10/h4-7H,1-3H3,(H,11,12,13,14)/t7-/m1/s1. The highest BCUT2D eigenvalue weighted by atomic mass is 16.4. The minimum absolute atomic E-state index is 0.141. The van der Waals surface area contributed by atoms with E-state index in [-0.39, 0.29) is 12.0 Å². The second-order valence-corrected chi connectivity index (χ2v) is 3.96. The van der Waals surface area contributed by atoms with Gasteiger partial charge in [-0.1, -0.05) is 13.8 Å². The van der Waals surface area contributed by atoms with E-state index >= 15 is 0 Å². The molecule has 1 atom stereocenters. The molecule has 17 heavy (non-hydrogen) atoms. The summed E-state index contributed by atoms with van der Waals surface area (Å²) in [6, 6.07) is -0.141. The van der Waals surface area contributed by atoms with Gasteiger partial charge >= 0.3 is 0 Å². The van der Waals surface area contributed by atoms with Crippen molar-refractivity contribution >= 4 is 5.95 Å². The van der Waals surface area contributed by atoms with Gasteiger partial charge in [0.1, 0.15) is 18.7 Å². The number of nitrogens with one attached hydrogen (secondary N) is 1. The fraction of sp³-hybridized carbons (Fsp3) is 0.500. The predicted octanol–water partition coefficient (Wildman–Crippen LogP) is 1.55. The highest BCUT2D eigenvalue weighted by molar-refractivity contribution is 5.23. The van der Waals surface area contributed by atoms with Crippen LogP contribution in [0.25, 0.3) is 0 Å². The molecular weight excluding hydrogens is 220 g/mol. The molecule has 0 aromatic carbocycles. The first-order valence-corrected chi connectivity index (χ1v) is 5.38. The van der Waals surface area contributed by atoms with Gasteiger partial charge in [0.25, 0.3) is 0 Å². The van der Waals surface area contributed by atoms with Crippen molar-refractivity contribution in [3.8, 4) is 0 Å². The van der Waals surface area contributed by atoms with E-state index in [0.717, 1.165) is 0 Å². The Morgan fingerprint density at radius 2 is 1.71 bits per heavy atom. The summed E-state index contributed by atoms with van der Waals surface area (Å²) in [7, 11) is 0. The Labute approximate surface area is 98.7 Å². The van der Waals surface area contributed by atoms with Gasteiger partial charge in [-0.15, -0.1) is 10.2 Å². The number of anilines is 1. The van der Waals surface area contributed by atoms with Crippen molar-refractivity contribution in [2.75, 3.05) is 5.32 Å². The molecule has 0 radical (unpaired) electrons. The van der Waals surface area contributed by atoms with E-state index in [1.54, 1.807) is 0 Å². The maximum Gasteiger partial charge on any atom is 0.238 e. The molecule has 7 heteroatoms. The number of hydrogen-bond donors (Lipinski definition) is 1. The Balaban J connectivity index is 2.07. The van der Waals surface area contributed by atoms with E-state index in [9.17, 15) is 0 Å². The lowest BCUT2D eigenvalue weighted by Gasteiger charge is -2.08. The van der Waals surface area contributed by atoms with Crippen LogP contribution >= 0.6 is 0 Å². The van der Waals surface area contributed by atoms with Crippen molar-refractivity contribution in [1.82, 2.24) is 25.1 Å². The molecule has 0 aliphatic carbocycles. The van der Waals surface area contributed by atoms with Crippen LogP contribution in [0.15, 0.2) is 17.1 Å².